The van der Waals surface area contributed by atoms with Crippen molar-refractivity contribution in [3.63, 3.8) is 0 Å². The lowest BCUT2D eigenvalue weighted by Gasteiger charge is -2.26. The first kappa shape index (κ1) is 11.1. The van der Waals surface area contributed by atoms with Gasteiger partial charge in [-0.2, -0.15) is 0 Å². The third-order valence-corrected chi connectivity index (χ3v) is 3.58. The highest BCUT2D eigenvalue weighted by Gasteiger charge is 2.42. The van der Waals surface area contributed by atoms with Gasteiger partial charge >= 0.3 is 0 Å². The van der Waals surface area contributed by atoms with E-state index in [0.29, 0.717) is 18.9 Å². The van der Waals surface area contributed by atoms with E-state index in [2.05, 4.69) is 15.9 Å². The second kappa shape index (κ2) is 4.24. The zero-order chi connectivity index (χ0) is 10.9. The van der Waals surface area contributed by atoms with Gasteiger partial charge in [-0.15, -0.1) is 0 Å². The third kappa shape index (κ3) is 2.60. The van der Waals surface area contributed by atoms with Crippen LogP contribution in [0.3, 0.4) is 0 Å². The smallest absolute Gasteiger partial charge is 0.0837 e. The minimum Gasteiger partial charge on any atom is -0.388 e. The van der Waals surface area contributed by atoms with Crippen LogP contribution in [0.15, 0.2) is 28.7 Å². The van der Waals surface area contributed by atoms with Gasteiger partial charge in [-0.05, 0) is 36.5 Å². The Balaban J connectivity index is 2.12. The monoisotopic (exact) mass is 269 g/mol. The molecule has 82 valence electrons. The summed E-state index contributed by atoms with van der Waals surface area (Å²) in [4.78, 5) is 0. The van der Waals surface area contributed by atoms with E-state index in [4.69, 9.17) is 5.73 Å². The molecule has 3 heteroatoms. The van der Waals surface area contributed by atoms with Crippen molar-refractivity contribution in [2.24, 2.45) is 11.7 Å². The van der Waals surface area contributed by atoms with Gasteiger partial charge < -0.3 is 10.8 Å². The highest BCUT2D eigenvalue weighted by Crippen LogP contribution is 2.41. The zero-order valence-electron chi connectivity index (χ0n) is 8.62. The molecule has 1 aliphatic rings. The number of rotatable bonds is 4. The Morgan fingerprint density at radius 3 is 2.73 bits per heavy atom. The Morgan fingerprint density at radius 1 is 1.47 bits per heavy atom. The summed E-state index contributed by atoms with van der Waals surface area (Å²) in [6.07, 6.45) is 2.89. The minimum absolute atomic E-state index is 0.351. The minimum atomic E-state index is -0.694. The fourth-order valence-electron chi connectivity index (χ4n) is 2.00. The molecule has 1 atom stereocenters. The average molecular weight is 270 g/mol. The Hall–Kier alpha value is -0.380. The molecule has 1 fully saturated rings. The molecule has 2 rings (SSSR count). The molecule has 1 aliphatic carbocycles. The Morgan fingerprint density at radius 2 is 2.20 bits per heavy atom. The summed E-state index contributed by atoms with van der Waals surface area (Å²) in [5.74, 6) is 0.404. The van der Waals surface area contributed by atoms with Gasteiger partial charge in [0.05, 0.1) is 5.60 Å². The SMILES string of the molecule is NCC(O)(Cc1cccc(Br)c1)C1CC1. The topological polar surface area (TPSA) is 46.2 Å². The summed E-state index contributed by atoms with van der Waals surface area (Å²) in [6.45, 7) is 0.351. The molecule has 15 heavy (non-hydrogen) atoms. The number of aliphatic hydroxyl groups is 1. The first-order chi connectivity index (χ1) is 7.14. The largest absolute Gasteiger partial charge is 0.388 e. The van der Waals surface area contributed by atoms with E-state index in [1.54, 1.807) is 0 Å². The second-order valence-corrected chi connectivity index (χ2v) is 5.30. The van der Waals surface area contributed by atoms with E-state index in [9.17, 15) is 5.11 Å². The molecule has 0 aromatic heterocycles. The third-order valence-electron chi connectivity index (χ3n) is 3.09. The molecule has 1 aromatic carbocycles. The molecule has 0 heterocycles. The van der Waals surface area contributed by atoms with Crippen LogP contribution < -0.4 is 5.73 Å². The molecule has 0 aliphatic heterocycles. The van der Waals surface area contributed by atoms with Crippen molar-refractivity contribution in [2.75, 3.05) is 6.54 Å². The Bertz CT molecular complexity index is 351. The Labute approximate surface area is 98.6 Å². The van der Waals surface area contributed by atoms with Gasteiger partial charge in [0.2, 0.25) is 0 Å². The molecule has 0 bridgehead atoms. The fourth-order valence-corrected chi connectivity index (χ4v) is 2.45. The molecule has 3 N–H and O–H groups in total. The molecule has 0 spiro atoms. The van der Waals surface area contributed by atoms with Gasteiger partial charge in [0.1, 0.15) is 0 Å². The number of benzene rings is 1. The summed E-state index contributed by atoms with van der Waals surface area (Å²) < 4.78 is 1.05. The number of nitrogens with two attached hydrogens (primary N) is 1. The van der Waals surface area contributed by atoms with Gasteiger partial charge in [0, 0.05) is 17.4 Å². The highest BCUT2D eigenvalue weighted by molar-refractivity contribution is 9.10. The number of halogens is 1. The maximum atomic E-state index is 10.4. The van der Waals surface area contributed by atoms with Crippen molar-refractivity contribution in [3.05, 3.63) is 34.3 Å². The zero-order valence-corrected chi connectivity index (χ0v) is 10.2. The maximum Gasteiger partial charge on any atom is 0.0837 e. The van der Waals surface area contributed by atoms with Crippen molar-refractivity contribution in [3.8, 4) is 0 Å². The van der Waals surface area contributed by atoms with Crippen LogP contribution in [0.4, 0.5) is 0 Å². The standard InChI is InChI=1S/C12H16BrNO/c13-11-3-1-2-9(6-11)7-12(15,8-14)10-4-5-10/h1-3,6,10,15H,4-5,7-8,14H2. The molecule has 1 aromatic rings. The second-order valence-electron chi connectivity index (χ2n) is 4.39. The lowest BCUT2D eigenvalue weighted by Crippen LogP contribution is -2.42. The normalized spacial score (nSPS) is 19.9. The number of hydrogen-bond donors (Lipinski definition) is 2. The van der Waals surface area contributed by atoms with Crippen molar-refractivity contribution < 1.29 is 5.11 Å². The molecular weight excluding hydrogens is 254 g/mol. The molecular formula is C12H16BrNO. The molecule has 2 nitrogen and oxygen atoms in total. The van der Waals surface area contributed by atoms with E-state index >= 15 is 0 Å². The summed E-state index contributed by atoms with van der Waals surface area (Å²) in [6, 6.07) is 8.06. The first-order valence-corrected chi connectivity index (χ1v) is 6.10. The van der Waals surface area contributed by atoms with Crippen molar-refractivity contribution >= 4 is 15.9 Å². The van der Waals surface area contributed by atoms with E-state index in [1.165, 1.54) is 0 Å². The summed E-state index contributed by atoms with van der Waals surface area (Å²) >= 11 is 3.43. The van der Waals surface area contributed by atoms with Crippen molar-refractivity contribution in [1.82, 2.24) is 0 Å². The van der Waals surface area contributed by atoms with Gasteiger partial charge in [0.25, 0.3) is 0 Å². The van der Waals surface area contributed by atoms with Gasteiger partial charge in [-0.1, -0.05) is 28.1 Å². The van der Waals surface area contributed by atoms with E-state index in [0.717, 1.165) is 22.9 Å². The lowest BCUT2D eigenvalue weighted by atomic mass is 9.90. The summed E-state index contributed by atoms with van der Waals surface area (Å²) in [7, 11) is 0. The van der Waals surface area contributed by atoms with Crippen LogP contribution in [0.5, 0.6) is 0 Å². The van der Waals surface area contributed by atoms with Gasteiger partial charge in [-0.25, -0.2) is 0 Å². The maximum absolute atomic E-state index is 10.4. The summed E-state index contributed by atoms with van der Waals surface area (Å²) in [5.41, 5.74) is 6.12. The fraction of sp³-hybridized carbons (Fsp3) is 0.500. The van der Waals surface area contributed by atoms with Gasteiger partial charge in [-0.3, -0.25) is 0 Å². The van der Waals surface area contributed by atoms with Crippen LogP contribution in [0.25, 0.3) is 0 Å². The van der Waals surface area contributed by atoms with E-state index < -0.39 is 5.60 Å². The predicted octanol–water partition coefficient (Wildman–Crippen LogP) is 2.09. The van der Waals surface area contributed by atoms with Crippen LogP contribution in [0, 0.1) is 5.92 Å². The highest BCUT2D eigenvalue weighted by atomic mass is 79.9. The quantitative estimate of drug-likeness (QED) is 0.880. The average Bonchev–Trinajstić information content (AvgIpc) is 3.01. The molecule has 1 saturated carbocycles. The number of hydrogen-bond acceptors (Lipinski definition) is 2. The van der Waals surface area contributed by atoms with Gasteiger partial charge in [0.15, 0.2) is 0 Å². The van der Waals surface area contributed by atoms with Crippen molar-refractivity contribution in [1.29, 1.82) is 0 Å². The van der Waals surface area contributed by atoms with Crippen LogP contribution in [0.2, 0.25) is 0 Å². The molecule has 1 unspecified atom stereocenters. The molecule has 0 saturated heterocycles. The molecule has 0 radical (unpaired) electrons. The van der Waals surface area contributed by atoms with Crippen LogP contribution in [-0.4, -0.2) is 17.3 Å². The molecule has 0 amide bonds. The lowest BCUT2D eigenvalue weighted by molar-refractivity contribution is 0.0267. The van der Waals surface area contributed by atoms with Crippen LogP contribution >= 0.6 is 15.9 Å². The Kier molecular flexibility index (Phi) is 3.14. The predicted molar refractivity (Wildman–Crippen MR) is 64.6 cm³/mol. The summed E-state index contributed by atoms with van der Waals surface area (Å²) in [5, 5.41) is 10.4. The van der Waals surface area contributed by atoms with E-state index in [1.807, 2.05) is 24.3 Å². The van der Waals surface area contributed by atoms with E-state index in [-0.39, 0.29) is 0 Å². The first-order valence-electron chi connectivity index (χ1n) is 5.31. The van der Waals surface area contributed by atoms with Crippen LogP contribution in [-0.2, 0) is 6.42 Å². The van der Waals surface area contributed by atoms with Crippen LogP contribution in [0.1, 0.15) is 18.4 Å². The van der Waals surface area contributed by atoms with Crippen molar-refractivity contribution in [2.45, 2.75) is 24.9 Å².